The van der Waals surface area contributed by atoms with Gasteiger partial charge in [0.1, 0.15) is 6.04 Å². The molecule has 4 N–H and O–H groups in total. The fourth-order valence-corrected chi connectivity index (χ4v) is 1.36. The van der Waals surface area contributed by atoms with Gasteiger partial charge in [-0.3, -0.25) is 9.36 Å². The predicted octanol–water partition coefficient (Wildman–Crippen LogP) is -0.167. The fraction of sp³-hybridized carbons (Fsp3) is 0.857. The molecule has 0 rings (SSSR count). The quantitative estimate of drug-likeness (QED) is 0.442. The lowest BCUT2D eigenvalue weighted by Crippen LogP contribution is -2.34. The molecule has 0 radical (unpaired) electrons. The van der Waals surface area contributed by atoms with Gasteiger partial charge in [-0.15, -0.1) is 0 Å². The molecule has 7 heteroatoms. The molecule has 1 atom stereocenters. The summed E-state index contributed by atoms with van der Waals surface area (Å²) in [4.78, 5) is 28.1. The standard InChI is InChI=1S/C7H16NO5P/c1-5(2)13-7(9)6(8)3-4-14(10,11)12/h5-6H,3-4,8H2,1-2H3,(H2,10,11,12). The van der Waals surface area contributed by atoms with Gasteiger partial charge in [-0.2, -0.15) is 0 Å². The summed E-state index contributed by atoms with van der Waals surface area (Å²) in [6.45, 7) is 3.35. The van der Waals surface area contributed by atoms with E-state index < -0.39 is 25.8 Å². The maximum atomic E-state index is 11.1. The third-order valence-electron chi connectivity index (χ3n) is 1.39. The number of nitrogens with two attached hydrogens (primary N) is 1. The Hall–Kier alpha value is -0.420. The molecule has 0 aliphatic carbocycles. The summed E-state index contributed by atoms with van der Waals surface area (Å²) >= 11 is 0. The number of ether oxygens (including phenoxy) is 1. The van der Waals surface area contributed by atoms with Crippen molar-refractivity contribution in [2.24, 2.45) is 5.73 Å². The first-order chi connectivity index (χ1) is 6.22. The van der Waals surface area contributed by atoms with E-state index >= 15 is 0 Å². The van der Waals surface area contributed by atoms with Gasteiger partial charge in [0.15, 0.2) is 0 Å². The van der Waals surface area contributed by atoms with Crippen LogP contribution in [0.25, 0.3) is 0 Å². The molecule has 0 heterocycles. The van der Waals surface area contributed by atoms with Crippen LogP contribution in [0.2, 0.25) is 0 Å². The first kappa shape index (κ1) is 13.6. The van der Waals surface area contributed by atoms with Crippen LogP contribution in [-0.4, -0.2) is 34.1 Å². The number of carbonyl (C=O) groups is 1. The Morgan fingerprint density at radius 3 is 2.36 bits per heavy atom. The van der Waals surface area contributed by atoms with Crippen molar-refractivity contribution in [1.82, 2.24) is 0 Å². The summed E-state index contributed by atoms with van der Waals surface area (Å²) in [7, 11) is -4.08. The molecule has 0 fully saturated rings. The molecule has 1 unspecified atom stereocenters. The van der Waals surface area contributed by atoms with Crippen LogP contribution in [0.15, 0.2) is 0 Å². The topological polar surface area (TPSA) is 110 Å². The Morgan fingerprint density at radius 1 is 1.50 bits per heavy atom. The van der Waals surface area contributed by atoms with Crippen molar-refractivity contribution in [3.8, 4) is 0 Å². The summed E-state index contributed by atoms with van der Waals surface area (Å²) in [5, 5.41) is 0. The minimum Gasteiger partial charge on any atom is -0.462 e. The van der Waals surface area contributed by atoms with Crippen LogP contribution in [0.3, 0.4) is 0 Å². The van der Waals surface area contributed by atoms with Crippen LogP contribution in [0.4, 0.5) is 0 Å². The summed E-state index contributed by atoms with van der Waals surface area (Å²) in [5.41, 5.74) is 5.35. The summed E-state index contributed by atoms with van der Waals surface area (Å²) in [6, 6.07) is -0.968. The van der Waals surface area contributed by atoms with E-state index in [0.717, 1.165) is 0 Å². The molecule has 0 saturated heterocycles. The number of carbonyl (C=O) groups excluding carboxylic acids is 1. The second-order valence-corrected chi connectivity index (χ2v) is 5.05. The average Bonchev–Trinajstić information content (AvgIpc) is 1.97. The van der Waals surface area contributed by atoms with E-state index in [9.17, 15) is 9.36 Å². The van der Waals surface area contributed by atoms with E-state index in [0.29, 0.717) is 0 Å². The summed E-state index contributed by atoms with van der Waals surface area (Å²) in [6.07, 6.45) is -0.749. The third-order valence-corrected chi connectivity index (χ3v) is 2.23. The zero-order chi connectivity index (χ0) is 11.4. The highest BCUT2D eigenvalue weighted by Gasteiger charge is 2.21. The Kier molecular flexibility index (Phi) is 5.29. The number of esters is 1. The Balaban J connectivity index is 3.91. The van der Waals surface area contributed by atoms with Crippen molar-refractivity contribution < 1.29 is 23.9 Å². The smallest absolute Gasteiger partial charge is 0.325 e. The van der Waals surface area contributed by atoms with E-state index in [2.05, 4.69) is 0 Å². The summed E-state index contributed by atoms with van der Waals surface area (Å²) < 4.78 is 15.2. The Labute approximate surface area is 82.6 Å². The monoisotopic (exact) mass is 225 g/mol. The van der Waals surface area contributed by atoms with Crippen LogP contribution in [-0.2, 0) is 14.1 Å². The second-order valence-electron chi connectivity index (χ2n) is 3.27. The SMILES string of the molecule is CC(C)OC(=O)C(N)CCP(=O)(O)O. The molecule has 0 aromatic rings. The van der Waals surface area contributed by atoms with Crippen molar-refractivity contribution in [3.05, 3.63) is 0 Å². The van der Waals surface area contributed by atoms with E-state index in [1.165, 1.54) is 0 Å². The third kappa shape index (κ3) is 7.03. The van der Waals surface area contributed by atoms with Crippen molar-refractivity contribution in [2.75, 3.05) is 6.16 Å². The van der Waals surface area contributed by atoms with Crippen molar-refractivity contribution in [3.63, 3.8) is 0 Å². The van der Waals surface area contributed by atoms with Crippen LogP contribution in [0, 0.1) is 0 Å². The molecule has 0 amide bonds. The zero-order valence-electron chi connectivity index (χ0n) is 8.21. The number of rotatable bonds is 5. The molecule has 0 bridgehead atoms. The number of hydrogen-bond donors (Lipinski definition) is 3. The van der Waals surface area contributed by atoms with Gasteiger partial charge in [0.2, 0.25) is 0 Å². The van der Waals surface area contributed by atoms with Crippen molar-refractivity contribution in [2.45, 2.75) is 32.4 Å². The minimum absolute atomic E-state index is 0.0736. The molecule has 6 nitrogen and oxygen atoms in total. The molecule has 0 saturated carbocycles. The average molecular weight is 225 g/mol. The van der Waals surface area contributed by atoms with Gasteiger partial charge in [0.05, 0.1) is 12.3 Å². The maximum absolute atomic E-state index is 11.1. The lowest BCUT2D eigenvalue weighted by Gasteiger charge is -2.13. The first-order valence-corrected chi connectivity index (χ1v) is 6.03. The molecule has 0 spiro atoms. The van der Waals surface area contributed by atoms with Crippen molar-refractivity contribution in [1.29, 1.82) is 0 Å². The van der Waals surface area contributed by atoms with Gasteiger partial charge in [0.25, 0.3) is 0 Å². The van der Waals surface area contributed by atoms with Crippen LogP contribution in [0.1, 0.15) is 20.3 Å². The molecule has 0 aromatic carbocycles. The Morgan fingerprint density at radius 2 is 2.00 bits per heavy atom. The molecular formula is C7H16NO5P. The lowest BCUT2D eigenvalue weighted by atomic mass is 10.2. The van der Waals surface area contributed by atoms with Crippen molar-refractivity contribution >= 4 is 13.6 Å². The highest BCUT2D eigenvalue weighted by atomic mass is 31.2. The fourth-order valence-electron chi connectivity index (χ4n) is 0.745. The lowest BCUT2D eigenvalue weighted by molar-refractivity contribution is -0.149. The molecule has 14 heavy (non-hydrogen) atoms. The summed E-state index contributed by atoms with van der Waals surface area (Å²) in [5.74, 6) is -0.631. The molecule has 0 aliphatic rings. The van der Waals surface area contributed by atoms with Crippen LogP contribution < -0.4 is 5.73 Å². The van der Waals surface area contributed by atoms with Gasteiger partial charge < -0.3 is 20.3 Å². The van der Waals surface area contributed by atoms with E-state index in [1.54, 1.807) is 13.8 Å². The first-order valence-electron chi connectivity index (χ1n) is 4.23. The Bertz CT molecular complexity index is 236. The van der Waals surface area contributed by atoms with Gasteiger partial charge in [0, 0.05) is 0 Å². The van der Waals surface area contributed by atoms with E-state index in [1.807, 2.05) is 0 Å². The largest absolute Gasteiger partial charge is 0.462 e. The maximum Gasteiger partial charge on any atom is 0.325 e. The van der Waals surface area contributed by atoms with Crippen LogP contribution in [0.5, 0.6) is 0 Å². The molecule has 0 aromatic heterocycles. The van der Waals surface area contributed by atoms with E-state index in [-0.39, 0.29) is 12.5 Å². The second kappa shape index (κ2) is 5.46. The molecule has 84 valence electrons. The molecule has 0 aliphatic heterocycles. The number of hydrogen-bond acceptors (Lipinski definition) is 4. The van der Waals surface area contributed by atoms with Gasteiger partial charge in [-0.25, -0.2) is 0 Å². The van der Waals surface area contributed by atoms with Gasteiger partial charge in [-0.1, -0.05) is 0 Å². The zero-order valence-corrected chi connectivity index (χ0v) is 9.11. The minimum atomic E-state index is -4.08. The normalized spacial score (nSPS) is 14.1. The highest BCUT2D eigenvalue weighted by Crippen LogP contribution is 2.35. The van der Waals surface area contributed by atoms with Gasteiger partial charge >= 0.3 is 13.6 Å². The van der Waals surface area contributed by atoms with E-state index in [4.69, 9.17) is 20.3 Å². The highest BCUT2D eigenvalue weighted by molar-refractivity contribution is 7.51. The van der Waals surface area contributed by atoms with Gasteiger partial charge in [-0.05, 0) is 20.3 Å². The van der Waals surface area contributed by atoms with Crippen LogP contribution >= 0.6 is 7.60 Å². The predicted molar refractivity (Wildman–Crippen MR) is 50.7 cm³/mol. The molecular weight excluding hydrogens is 209 g/mol.